The second-order valence-electron chi connectivity index (χ2n) is 4.96. The summed E-state index contributed by atoms with van der Waals surface area (Å²) in [7, 11) is -0.587. The molecule has 0 aliphatic heterocycles. The fourth-order valence-electron chi connectivity index (χ4n) is 1.68. The van der Waals surface area contributed by atoms with Gasteiger partial charge < -0.3 is 4.74 Å². The third-order valence-electron chi connectivity index (χ3n) is 3.46. The van der Waals surface area contributed by atoms with Crippen molar-refractivity contribution in [2.24, 2.45) is 0 Å². The molecule has 0 aromatic carbocycles. The summed E-state index contributed by atoms with van der Waals surface area (Å²) in [4.78, 5) is 12.1. The van der Waals surface area contributed by atoms with Crippen molar-refractivity contribution in [3.63, 3.8) is 0 Å². The molecular formula is C14H30NO5P. The third kappa shape index (κ3) is 6.47. The van der Waals surface area contributed by atoms with Gasteiger partial charge in [0.05, 0.1) is 6.61 Å². The van der Waals surface area contributed by atoms with Crippen LogP contribution >= 0.6 is 7.75 Å². The summed E-state index contributed by atoms with van der Waals surface area (Å²) in [6.07, 6.45) is 3.12. The standard InChI is InChI=1S/C14H30NO5P/c1-7-10-11-19-21(17,18-6)15(5)12(4)14(16)20-13(8-2)9-3/h12-13H,7-11H2,1-6H3. The van der Waals surface area contributed by atoms with Crippen LogP contribution in [0.25, 0.3) is 0 Å². The molecule has 0 bridgehead atoms. The number of rotatable bonds is 11. The van der Waals surface area contributed by atoms with Crippen molar-refractivity contribution in [1.82, 2.24) is 4.67 Å². The van der Waals surface area contributed by atoms with Crippen LogP contribution in [0.2, 0.25) is 0 Å². The fraction of sp³-hybridized carbons (Fsp3) is 0.929. The zero-order chi connectivity index (χ0) is 16.5. The van der Waals surface area contributed by atoms with Crippen molar-refractivity contribution in [3.8, 4) is 0 Å². The van der Waals surface area contributed by atoms with Gasteiger partial charge in [0.1, 0.15) is 12.1 Å². The van der Waals surface area contributed by atoms with Gasteiger partial charge in [0.15, 0.2) is 0 Å². The summed E-state index contributed by atoms with van der Waals surface area (Å²) in [6.45, 7) is 7.91. The molecule has 0 heterocycles. The molecule has 0 amide bonds. The molecule has 2 atom stereocenters. The minimum atomic E-state index is -3.46. The maximum atomic E-state index is 12.6. The summed E-state index contributed by atoms with van der Waals surface area (Å²) in [6, 6.07) is -0.696. The molecule has 21 heavy (non-hydrogen) atoms. The van der Waals surface area contributed by atoms with Gasteiger partial charge in [-0.05, 0) is 33.2 Å². The molecule has 0 N–H and O–H groups in total. The highest BCUT2D eigenvalue weighted by atomic mass is 31.2. The molecule has 0 aromatic heterocycles. The number of unbranched alkanes of at least 4 members (excludes halogenated alkanes) is 1. The van der Waals surface area contributed by atoms with Crippen LogP contribution in [-0.2, 0) is 23.1 Å². The van der Waals surface area contributed by atoms with E-state index in [1.807, 2.05) is 20.8 Å². The minimum Gasteiger partial charge on any atom is -0.461 e. The Morgan fingerprint density at radius 2 is 1.81 bits per heavy atom. The zero-order valence-electron chi connectivity index (χ0n) is 14.1. The summed E-state index contributed by atoms with van der Waals surface area (Å²) in [5.41, 5.74) is 0. The lowest BCUT2D eigenvalue weighted by Gasteiger charge is -2.30. The Bertz CT molecular complexity index is 346. The molecule has 0 fully saturated rings. The number of hydrogen-bond acceptors (Lipinski definition) is 5. The van der Waals surface area contributed by atoms with E-state index in [9.17, 15) is 9.36 Å². The van der Waals surface area contributed by atoms with Gasteiger partial charge in [-0.1, -0.05) is 27.2 Å². The highest BCUT2D eigenvalue weighted by Crippen LogP contribution is 2.51. The van der Waals surface area contributed by atoms with E-state index in [1.54, 1.807) is 14.0 Å². The van der Waals surface area contributed by atoms with E-state index in [2.05, 4.69) is 0 Å². The number of esters is 1. The monoisotopic (exact) mass is 323 g/mol. The van der Waals surface area contributed by atoms with E-state index in [0.717, 1.165) is 25.7 Å². The first kappa shape index (κ1) is 20.6. The first-order valence-corrected chi connectivity index (χ1v) is 9.09. The SMILES string of the molecule is CCCCOP(=O)(OC)N(C)C(C)C(=O)OC(CC)CC. The maximum absolute atomic E-state index is 12.6. The lowest BCUT2D eigenvalue weighted by Crippen LogP contribution is -2.37. The van der Waals surface area contributed by atoms with Crippen LogP contribution in [0.4, 0.5) is 0 Å². The van der Waals surface area contributed by atoms with Crippen molar-refractivity contribution < 1.29 is 23.1 Å². The van der Waals surface area contributed by atoms with Crippen LogP contribution in [0.15, 0.2) is 0 Å². The van der Waals surface area contributed by atoms with Crippen LogP contribution in [0.5, 0.6) is 0 Å². The van der Waals surface area contributed by atoms with Crippen LogP contribution in [0.1, 0.15) is 53.4 Å². The Labute approximate surface area is 128 Å². The molecule has 126 valence electrons. The fourth-order valence-corrected chi connectivity index (χ4v) is 3.10. The Morgan fingerprint density at radius 1 is 1.24 bits per heavy atom. The van der Waals surface area contributed by atoms with Gasteiger partial charge in [0.2, 0.25) is 0 Å². The predicted octanol–water partition coefficient (Wildman–Crippen LogP) is 3.61. The van der Waals surface area contributed by atoms with E-state index >= 15 is 0 Å². The Morgan fingerprint density at radius 3 is 2.24 bits per heavy atom. The smallest absolute Gasteiger partial charge is 0.408 e. The second kappa shape index (κ2) is 10.3. The molecule has 0 spiro atoms. The molecule has 0 rings (SSSR count). The Hall–Kier alpha value is -0.420. The van der Waals surface area contributed by atoms with E-state index in [4.69, 9.17) is 13.8 Å². The van der Waals surface area contributed by atoms with E-state index in [1.165, 1.54) is 11.8 Å². The summed E-state index contributed by atoms with van der Waals surface area (Å²) < 4.78 is 29.7. The molecule has 7 heteroatoms. The average Bonchev–Trinajstić information content (AvgIpc) is 2.50. The molecule has 0 radical (unpaired) electrons. The molecule has 0 aliphatic rings. The average molecular weight is 323 g/mol. The first-order chi connectivity index (χ1) is 9.86. The van der Waals surface area contributed by atoms with Gasteiger partial charge in [-0.15, -0.1) is 0 Å². The van der Waals surface area contributed by atoms with Crippen LogP contribution in [0.3, 0.4) is 0 Å². The summed E-state index contributed by atoms with van der Waals surface area (Å²) in [5, 5.41) is 0. The molecule has 0 aliphatic carbocycles. The molecule has 0 saturated heterocycles. The van der Waals surface area contributed by atoms with Gasteiger partial charge in [-0.3, -0.25) is 13.8 Å². The lowest BCUT2D eigenvalue weighted by molar-refractivity contribution is -0.153. The van der Waals surface area contributed by atoms with E-state index < -0.39 is 19.8 Å². The van der Waals surface area contributed by atoms with Crippen molar-refractivity contribution >= 4 is 13.7 Å². The van der Waals surface area contributed by atoms with Crippen molar-refractivity contribution in [2.75, 3.05) is 20.8 Å². The van der Waals surface area contributed by atoms with E-state index in [-0.39, 0.29) is 6.10 Å². The molecular weight excluding hydrogens is 293 g/mol. The Balaban J connectivity index is 4.73. The van der Waals surface area contributed by atoms with Gasteiger partial charge in [-0.2, -0.15) is 4.67 Å². The minimum absolute atomic E-state index is 0.115. The van der Waals surface area contributed by atoms with Crippen molar-refractivity contribution in [3.05, 3.63) is 0 Å². The molecule has 2 unspecified atom stereocenters. The highest BCUT2D eigenvalue weighted by Gasteiger charge is 2.37. The number of carbonyl (C=O) groups excluding carboxylic acids is 1. The largest absolute Gasteiger partial charge is 0.461 e. The maximum Gasteiger partial charge on any atom is 0.408 e. The lowest BCUT2D eigenvalue weighted by atomic mass is 10.2. The van der Waals surface area contributed by atoms with E-state index in [0.29, 0.717) is 6.61 Å². The van der Waals surface area contributed by atoms with Crippen LogP contribution in [0, 0.1) is 0 Å². The number of nitrogens with zero attached hydrogens (tertiary/aromatic N) is 1. The first-order valence-electron chi connectivity index (χ1n) is 7.60. The summed E-state index contributed by atoms with van der Waals surface area (Å²) in [5.74, 6) is -0.414. The predicted molar refractivity (Wildman–Crippen MR) is 83.2 cm³/mol. The number of hydrogen-bond donors (Lipinski definition) is 0. The van der Waals surface area contributed by atoms with Gasteiger partial charge in [0, 0.05) is 7.11 Å². The van der Waals surface area contributed by atoms with Crippen LogP contribution < -0.4 is 0 Å². The van der Waals surface area contributed by atoms with Gasteiger partial charge >= 0.3 is 13.7 Å². The number of likely N-dealkylation sites (N-methyl/N-ethyl adjacent to an activating group) is 1. The van der Waals surface area contributed by atoms with Crippen molar-refractivity contribution in [2.45, 2.75) is 65.5 Å². The van der Waals surface area contributed by atoms with Gasteiger partial charge in [0.25, 0.3) is 0 Å². The second-order valence-corrected chi connectivity index (χ2v) is 7.15. The molecule has 6 nitrogen and oxygen atoms in total. The summed E-state index contributed by atoms with van der Waals surface area (Å²) >= 11 is 0. The zero-order valence-corrected chi connectivity index (χ0v) is 15.0. The normalized spacial score (nSPS) is 16.0. The number of ether oxygens (including phenoxy) is 1. The third-order valence-corrected chi connectivity index (χ3v) is 5.55. The Kier molecular flexibility index (Phi) is 10.1. The number of carbonyl (C=O) groups is 1. The van der Waals surface area contributed by atoms with Crippen LogP contribution in [-0.4, -0.2) is 43.5 Å². The molecule has 0 saturated carbocycles. The van der Waals surface area contributed by atoms with Crippen molar-refractivity contribution in [1.29, 1.82) is 0 Å². The highest BCUT2D eigenvalue weighted by molar-refractivity contribution is 7.51. The molecule has 0 aromatic rings. The van der Waals surface area contributed by atoms with Gasteiger partial charge in [-0.25, -0.2) is 4.57 Å². The quantitative estimate of drug-likeness (QED) is 0.329. The topological polar surface area (TPSA) is 65.1 Å².